The van der Waals surface area contributed by atoms with Gasteiger partial charge in [0, 0.05) is 24.8 Å². The van der Waals surface area contributed by atoms with E-state index in [1.165, 1.54) is 11.0 Å². The van der Waals surface area contributed by atoms with E-state index >= 15 is 0 Å². The minimum absolute atomic E-state index is 0.0960. The molecule has 1 heterocycles. The van der Waals surface area contributed by atoms with Gasteiger partial charge in [-0.25, -0.2) is 9.18 Å². The summed E-state index contributed by atoms with van der Waals surface area (Å²) in [7, 11) is 0. The number of anilines is 2. The predicted molar refractivity (Wildman–Crippen MR) is 67.1 cm³/mol. The van der Waals surface area contributed by atoms with Crippen LogP contribution in [-0.4, -0.2) is 35.2 Å². The summed E-state index contributed by atoms with van der Waals surface area (Å²) < 4.78 is 13.6. The number of amides is 1. The molecule has 0 bridgehead atoms. The second-order valence-electron chi connectivity index (χ2n) is 4.43. The Balaban J connectivity index is 1.93. The van der Waals surface area contributed by atoms with Gasteiger partial charge in [-0.15, -0.1) is 0 Å². The average molecular weight is 253 g/mol. The summed E-state index contributed by atoms with van der Waals surface area (Å²) in [5, 5.41) is 11.9. The molecule has 1 saturated heterocycles. The molecule has 1 aliphatic heterocycles. The highest BCUT2D eigenvalue weighted by Gasteiger charge is 2.22. The Morgan fingerprint density at radius 3 is 2.67 bits per heavy atom. The van der Waals surface area contributed by atoms with Crippen molar-refractivity contribution in [3.63, 3.8) is 0 Å². The summed E-state index contributed by atoms with van der Waals surface area (Å²) in [6.07, 6.45) is 0.457. The first-order valence-electron chi connectivity index (χ1n) is 5.85. The largest absolute Gasteiger partial charge is 0.465 e. The number of piperidine rings is 1. The fraction of sp³-hybridized carbons (Fsp3) is 0.417. The summed E-state index contributed by atoms with van der Waals surface area (Å²) in [5.74, 6) is -0.379. The van der Waals surface area contributed by atoms with Gasteiger partial charge >= 0.3 is 6.09 Å². The Bertz CT molecular complexity index is 445. The molecule has 98 valence electrons. The summed E-state index contributed by atoms with van der Waals surface area (Å²) in [6.45, 7) is 0.952. The number of nitrogens with one attached hydrogen (secondary N) is 1. The van der Waals surface area contributed by atoms with Crippen LogP contribution in [0, 0.1) is 5.82 Å². The van der Waals surface area contributed by atoms with Gasteiger partial charge in [-0.05, 0) is 31.0 Å². The lowest BCUT2D eigenvalue weighted by molar-refractivity contribution is 0.133. The van der Waals surface area contributed by atoms with Crippen molar-refractivity contribution in [3.8, 4) is 0 Å². The molecule has 0 saturated carbocycles. The zero-order valence-corrected chi connectivity index (χ0v) is 9.90. The van der Waals surface area contributed by atoms with E-state index in [2.05, 4.69) is 5.32 Å². The van der Waals surface area contributed by atoms with Crippen molar-refractivity contribution >= 4 is 17.5 Å². The van der Waals surface area contributed by atoms with Gasteiger partial charge in [-0.2, -0.15) is 0 Å². The second-order valence-corrected chi connectivity index (χ2v) is 4.43. The van der Waals surface area contributed by atoms with E-state index in [4.69, 9.17) is 10.8 Å². The summed E-state index contributed by atoms with van der Waals surface area (Å²) in [5.41, 5.74) is 6.27. The molecule has 4 N–H and O–H groups in total. The number of carboxylic acid groups (broad SMARTS) is 1. The third-order valence-corrected chi connectivity index (χ3v) is 3.12. The van der Waals surface area contributed by atoms with Crippen LogP contribution in [0.15, 0.2) is 18.2 Å². The van der Waals surface area contributed by atoms with Crippen LogP contribution in [0.5, 0.6) is 0 Å². The fourth-order valence-electron chi connectivity index (χ4n) is 2.08. The number of rotatable bonds is 2. The van der Waals surface area contributed by atoms with Crippen LogP contribution in [-0.2, 0) is 0 Å². The normalized spacial score (nSPS) is 16.6. The molecule has 1 aliphatic rings. The van der Waals surface area contributed by atoms with Crippen LogP contribution in [0.4, 0.5) is 20.6 Å². The van der Waals surface area contributed by atoms with Crippen molar-refractivity contribution in [2.45, 2.75) is 18.9 Å². The van der Waals surface area contributed by atoms with Crippen LogP contribution in [0.1, 0.15) is 12.8 Å². The first-order valence-corrected chi connectivity index (χ1v) is 5.85. The first kappa shape index (κ1) is 12.5. The van der Waals surface area contributed by atoms with Gasteiger partial charge in [0.2, 0.25) is 0 Å². The van der Waals surface area contributed by atoms with E-state index in [0.29, 0.717) is 37.3 Å². The second kappa shape index (κ2) is 5.12. The van der Waals surface area contributed by atoms with Gasteiger partial charge in [0.1, 0.15) is 5.82 Å². The zero-order chi connectivity index (χ0) is 13.1. The number of nitrogens with two attached hydrogens (primary N) is 1. The third-order valence-electron chi connectivity index (χ3n) is 3.12. The van der Waals surface area contributed by atoms with Gasteiger partial charge in [-0.1, -0.05) is 0 Å². The van der Waals surface area contributed by atoms with Crippen molar-refractivity contribution in [3.05, 3.63) is 24.0 Å². The SMILES string of the molecule is Nc1ccc(NC2CCN(C(=O)O)CC2)c(F)c1. The van der Waals surface area contributed by atoms with Crippen LogP contribution < -0.4 is 11.1 Å². The van der Waals surface area contributed by atoms with Crippen molar-refractivity contribution < 1.29 is 14.3 Å². The number of hydrogen-bond donors (Lipinski definition) is 3. The summed E-state index contributed by atoms with van der Waals surface area (Å²) in [6, 6.07) is 4.61. The smallest absolute Gasteiger partial charge is 0.407 e. The lowest BCUT2D eigenvalue weighted by Gasteiger charge is -2.31. The van der Waals surface area contributed by atoms with Gasteiger partial charge in [0.25, 0.3) is 0 Å². The molecule has 0 aliphatic carbocycles. The number of likely N-dealkylation sites (tertiary alicyclic amines) is 1. The minimum atomic E-state index is -0.896. The highest BCUT2D eigenvalue weighted by atomic mass is 19.1. The molecule has 1 aromatic carbocycles. The number of nitrogens with zero attached hydrogens (tertiary/aromatic N) is 1. The minimum Gasteiger partial charge on any atom is -0.465 e. The number of hydrogen-bond acceptors (Lipinski definition) is 3. The molecule has 0 radical (unpaired) electrons. The summed E-state index contributed by atoms with van der Waals surface area (Å²) in [4.78, 5) is 12.1. The molecule has 0 atom stereocenters. The quantitative estimate of drug-likeness (QED) is 0.704. The maximum absolute atomic E-state index is 13.6. The van der Waals surface area contributed by atoms with E-state index < -0.39 is 6.09 Å². The van der Waals surface area contributed by atoms with Gasteiger partial charge in [0.05, 0.1) is 5.69 Å². The molecule has 1 fully saturated rings. The zero-order valence-electron chi connectivity index (χ0n) is 9.90. The first-order chi connectivity index (χ1) is 8.56. The highest BCUT2D eigenvalue weighted by molar-refractivity contribution is 5.65. The molecule has 2 rings (SSSR count). The van der Waals surface area contributed by atoms with Crippen molar-refractivity contribution in [1.82, 2.24) is 4.90 Å². The van der Waals surface area contributed by atoms with Crippen molar-refractivity contribution in [1.29, 1.82) is 0 Å². The Kier molecular flexibility index (Phi) is 3.55. The number of halogens is 1. The third kappa shape index (κ3) is 2.82. The molecule has 0 unspecified atom stereocenters. The molecule has 1 amide bonds. The van der Waals surface area contributed by atoms with E-state index in [0.717, 1.165) is 0 Å². The Hall–Kier alpha value is -1.98. The Labute approximate surface area is 104 Å². The number of carbonyl (C=O) groups is 1. The van der Waals surface area contributed by atoms with E-state index in [9.17, 15) is 9.18 Å². The van der Waals surface area contributed by atoms with Crippen LogP contribution in [0.3, 0.4) is 0 Å². The topological polar surface area (TPSA) is 78.6 Å². The van der Waals surface area contributed by atoms with Crippen LogP contribution in [0.25, 0.3) is 0 Å². The standard InChI is InChI=1S/C12H16FN3O2/c13-10-7-8(14)1-2-11(10)15-9-3-5-16(6-4-9)12(17)18/h1-2,7,9,15H,3-6,14H2,(H,17,18). The number of nitrogen functional groups attached to an aromatic ring is 1. The average Bonchev–Trinajstić information content (AvgIpc) is 2.33. The maximum atomic E-state index is 13.6. The molecule has 0 aromatic heterocycles. The Morgan fingerprint density at radius 2 is 2.11 bits per heavy atom. The van der Waals surface area contributed by atoms with Crippen LogP contribution in [0.2, 0.25) is 0 Å². The van der Waals surface area contributed by atoms with E-state index in [1.54, 1.807) is 12.1 Å². The van der Waals surface area contributed by atoms with Crippen molar-refractivity contribution in [2.75, 3.05) is 24.1 Å². The predicted octanol–water partition coefficient (Wildman–Crippen LogP) is 1.96. The number of benzene rings is 1. The van der Waals surface area contributed by atoms with Crippen LogP contribution >= 0.6 is 0 Å². The Morgan fingerprint density at radius 1 is 1.44 bits per heavy atom. The molecule has 0 spiro atoms. The monoisotopic (exact) mass is 253 g/mol. The lowest BCUT2D eigenvalue weighted by Crippen LogP contribution is -2.41. The molecular formula is C12H16FN3O2. The maximum Gasteiger partial charge on any atom is 0.407 e. The lowest BCUT2D eigenvalue weighted by atomic mass is 10.0. The highest BCUT2D eigenvalue weighted by Crippen LogP contribution is 2.21. The van der Waals surface area contributed by atoms with Crippen molar-refractivity contribution in [2.24, 2.45) is 0 Å². The molecule has 1 aromatic rings. The summed E-state index contributed by atoms with van der Waals surface area (Å²) >= 11 is 0. The molecule has 18 heavy (non-hydrogen) atoms. The van der Waals surface area contributed by atoms with E-state index in [-0.39, 0.29) is 11.9 Å². The van der Waals surface area contributed by atoms with Gasteiger partial charge in [-0.3, -0.25) is 0 Å². The van der Waals surface area contributed by atoms with E-state index in [1.807, 2.05) is 0 Å². The van der Waals surface area contributed by atoms with Gasteiger partial charge in [0.15, 0.2) is 0 Å². The molecular weight excluding hydrogens is 237 g/mol. The fourth-order valence-corrected chi connectivity index (χ4v) is 2.08. The molecule has 5 nitrogen and oxygen atoms in total. The molecule has 6 heteroatoms. The van der Waals surface area contributed by atoms with Gasteiger partial charge < -0.3 is 21.1 Å².